The lowest BCUT2D eigenvalue weighted by Crippen LogP contribution is -2.47. The first-order valence-electron chi connectivity index (χ1n) is 7.24. The molecule has 4 heteroatoms. The molecule has 0 bridgehead atoms. The number of aromatic nitrogens is 1. The van der Waals surface area contributed by atoms with Crippen LogP contribution in [0.15, 0.2) is 18.3 Å². The van der Waals surface area contributed by atoms with E-state index in [1.807, 2.05) is 6.20 Å². The predicted octanol–water partition coefficient (Wildman–Crippen LogP) is 2.19. The van der Waals surface area contributed by atoms with E-state index in [0.29, 0.717) is 6.04 Å². The van der Waals surface area contributed by atoms with Gasteiger partial charge in [-0.25, -0.2) is 4.98 Å². The van der Waals surface area contributed by atoms with Crippen molar-refractivity contribution in [3.63, 3.8) is 0 Å². The first-order chi connectivity index (χ1) is 9.20. The van der Waals surface area contributed by atoms with Gasteiger partial charge in [0.2, 0.25) is 0 Å². The third-order valence-corrected chi connectivity index (χ3v) is 3.47. The maximum atomic E-state index is 5.67. The molecular formula is C15H25N3O. The van der Waals surface area contributed by atoms with Crippen LogP contribution in [0, 0.1) is 0 Å². The van der Waals surface area contributed by atoms with Gasteiger partial charge in [-0.05, 0) is 44.5 Å². The quantitative estimate of drug-likeness (QED) is 0.826. The summed E-state index contributed by atoms with van der Waals surface area (Å²) >= 11 is 0. The molecule has 0 aliphatic carbocycles. The summed E-state index contributed by atoms with van der Waals surface area (Å²) in [7, 11) is 0. The zero-order valence-corrected chi connectivity index (χ0v) is 12.2. The molecule has 1 saturated heterocycles. The highest BCUT2D eigenvalue weighted by atomic mass is 16.5. The van der Waals surface area contributed by atoms with E-state index in [1.54, 1.807) is 0 Å². The van der Waals surface area contributed by atoms with Crippen molar-refractivity contribution in [1.82, 2.24) is 10.3 Å². The average molecular weight is 263 g/mol. The molecule has 0 radical (unpaired) electrons. The van der Waals surface area contributed by atoms with Gasteiger partial charge >= 0.3 is 0 Å². The summed E-state index contributed by atoms with van der Waals surface area (Å²) in [4.78, 5) is 6.86. The SMILES string of the molecule is CCCNCc1ccnc(N2CC(C)OCC2C)c1. The lowest BCUT2D eigenvalue weighted by Gasteiger charge is -2.37. The lowest BCUT2D eigenvalue weighted by molar-refractivity contribution is 0.0340. The molecule has 0 amide bonds. The highest BCUT2D eigenvalue weighted by Gasteiger charge is 2.24. The van der Waals surface area contributed by atoms with E-state index in [0.717, 1.165) is 38.5 Å². The summed E-state index contributed by atoms with van der Waals surface area (Å²) < 4.78 is 5.67. The second-order valence-corrected chi connectivity index (χ2v) is 5.34. The Kier molecular flexibility index (Phi) is 5.16. The molecular weight excluding hydrogens is 238 g/mol. The largest absolute Gasteiger partial charge is 0.375 e. The summed E-state index contributed by atoms with van der Waals surface area (Å²) in [5.74, 6) is 1.07. The number of rotatable bonds is 5. The monoisotopic (exact) mass is 263 g/mol. The molecule has 2 unspecified atom stereocenters. The summed E-state index contributed by atoms with van der Waals surface area (Å²) in [6.45, 7) is 10.2. The second-order valence-electron chi connectivity index (χ2n) is 5.34. The number of morpholine rings is 1. The van der Waals surface area contributed by atoms with E-state index >= 15 is 0 Å². The third kappa shape index (κ3) is 3.91. The van der Waals surface area contributed by atoms with Gasteiger partial charge in [0.1, 0.15) is 5.82 Å². The maximum Gasteiger partial charge on any atom is 0.129 e. The molecule has 19 heavy (non-hydrogen) atoms. The van der Waals surface area contributed by atoms with Gasteiger partial charge in [0.05, 0.1) is 18.8 Å². The number of hydrogen-bond donors (Lipinski definition) is 1. The van der Waals surface area contributed by atoms with Crippen molar-refractivity contribution in [2.24, 2.45) is 0 Å². The van der Waals surface area contributed by atoms with Gasteiger partial charge in [0, 0.05) is 19.3 Å². The van der Waals surface area contributed by atoms with Crippen LogP contribution < -0.4 is 10.2 Å². The molecule has 1 aliphatic heterocycles. The summed E-state index contributed by atoms with van der Waals surface area (Å²) in [6, 6.07) is 4.67. The molecule has 4 nitrogen and oxygen atoms in total. The molecule has 0 spiro atoms. The zero-order valence-electron chi connectivity index (χ0n) is 12.2. The predicted molar refractivity (Wildman–Crippen MR) is 78.5 cm³/mol. The van der Waals surface area contributed by atoms with Crippen LogP contribution in [0.2, 0.25) is 0 Å². The number of pyridine rings is 1. The Bertz CT molecular complexity index is 397. The van der Waals surface area contributed by atoms with Crippen LogP contribution in [0.4, 0.5) is 5.82 Å². The van der Waals surface area contributed by atoms with Gasteiger partial charge in [-0.3, -0.25) is 0 Å². The molecule has 106 valence electrons. The van der Waals surface area contributed by atoms with Crippen LogP contribution >= 0.6 is 0 Å². The van der Waals surface area contributed by atoms with E-state index in [1.165, 1.54) is 5.56 Å². The molecule has 1 fully saturated rings. The van der Waals surface area contributed by atoms with Gasteiger partial charge in [0.15, 0.2) is 0 Å². The molecule has 1 N–H and O–H groups in total. The normalized spacial score (nSPS) is 23.6. The molecule has 0 aromatic carbocycles. The Labute approximate surface area is 116 Å². The van der Waals surface area contributed by atoms with Crippen molar-refractivity contribution in [3.8, 4) is 0 Å². The lowest BCUT2D eigenvalue weighted by atomic mass is 10.2. The van der Waals surface area contributed by atoms with Gasteiger partial charge in [-0.2, -0.15) is 0 Å². The topological polar surface area (TPSA) is 37.4 Å². The molecule has 2 heterocycles. The number of nitrogens with one attached hydrogen (secondary N) is 1. The minimum Gasteiger partial charge on any atom is -0.375 e. The number of nitrogens with zero attached hydrogens (tertiary/aromatic N) is 2. The standard InChI is InChI=1S/C15H25N3O/c1-4-6-16-9-14-5-7-17-15(8-14)18-10-13(3)19-11-12(18)2/h5,7-8,12-13,16H,4,6,9-11H2,1-3H3. The fourth-order valence-corrected chi connectivity index (χ4v) is 2.36. The van der Waals surface area contributed by atoms with E-state index in [9.17, 15) is 0 Å². The zero-order chi connectivity index (χ0) is 13.7. The van der Waals surface area contributed by atoms with Gasteiger partial charge < -0.3 is 15.0 Å². The Morgan fingerprint density at radius 1 is 1.47 bits per heavy atom. The first kappa shape index (κ1) is 14.3. The van der Waals surface area contributed by atoms with Crippen molar-refractivity contribution in [2.45, 2.75) is 45.9 Å². The molecule has 0 saturated carbocycles. The van der Waals surface area contributed by atoms with E-state index in [4.69, 9.17) is 4.74 Å². The maximum absolute atomic E-state index is 5.67. The van der Waals surface area contributed by atoms with E-state index in [2.05, 4.69) is 48.1 Å². The van der Waals surface area contributed by atoms with E-state index in [-0.39, 0.29) is 6.10 Å². The highest BCUT2D eigenvalue weighted by Crippen LogP contribution is 2.20. The number of ether oxygens (including phenoxy) is 1. The van der Waals surface area contributed by atoms with E-state index < -0.39 is 0 Å². The van der Waals surface area contributed by atoms with Crippen LogP contribution in [0.25, 0.3) is 0 Å². The fourth-order valence-electron chi connectivity index (χ4n) is 2.36. The summed E-state index contributed by atoms with van der Waals surface area (Å²) in [5, 5.41) is 3.43. The Morgan fingerprint density at radius 2 is 2.32 bits per heavy atom. The minimum atomic E-state index is 0.278. The van der Waals surface area contributed by atoms with Crippen molar-refractivity contribution in [1.29, 1.82) is 0 Å². The molecule has 1 aliphatic rings. The summed E-state index contributed by atoms with van der Waals surface area (Å²) in [6.07, 6.45) is 3.35. The Morgan fingerprint density at radius 3 is 3.11 bits per heavy atom. The van der Waals surface area contributed by atoms with Crippen molar-refractivity contribution < 1.29 is 4.74 Å². The van der Waals surface area contributed by atoms with Crippen molar-refractivity contribution in [3.05, 3.63) is 23.9 Å². The van der Waals surface area contributed by atoms with Crippen LogP contribution in [-0.2, 0) is 11.3 Å². The first-order valence-corrected chi connectivity index (χ1v) is 7.24. The molecule has 1 aromatic rings. The third-order valence-electron chi connectivity index (χ3n) is 3.47. The molecule has 2 atom stereocenters. The van der Waals surface area contributed by atoms with Crippen LogP contribution in [0.5, 0.6) is 0 Å². The highest BCUT2D eigenvalue weighted by molar-refractivity contribution is 5.42. The Balaban J connectivity index is 2.04. The summed E-state index contributed by atoms with van der Waals surface area (Å²) in [5.41, 5.74) is 1.30. The number of hydrogen-bond acceptors (Lipinski definition) is 4. The molecule has 2 rings (SSSR count). The van der Waals surface area contributed by atoms with Gasteiger partial charge in [-0.1, -0.05) is 6.92 Å². The fraction of sp³-hybridized carbons (Fsp3) is 0.667. The van der Waals surface area contributed by atoms with Gasteiger partial charge in [0.25, 0.3) is 0 Å². The van der Waals surface area contributed by atoms with Gasteiger partial charge in [-0.15, -0.1) is 0 Å². The smallest absolute Gasteiger partial charge is 0.129 e. The second kappa shape index (κ2) is 6.87. The number of anilines is 1. The minimum absolute atomic E-state index is 0.278. The average Bonchev–Trinajstić information content (AvgIpc) is 2.42. The van der Waals surface area contributed by atoms with Crippen LogP contribution in [-0.4, -0.2) is 36.8 Å². The van der Waals surface area contributed by atoms with Crippen LogP contribution in [0.3, 0.4) is 0 Å². The van der Waals surface area contributed by atoms with Crippen molar-refractivity contribution >= 4 is 5.82 Å². The van der Waals surface area contributed by atoms with Crippen LogP contribution in [0.1, 0.15) is 32.8 Å². The molecule has 1 aromatic heterocycles. The van der Waals surface area contributed by atoms with Crippen molar-refractivity contribution in [2.75, 3.05) is 24.6 Å². The Hall–Kier alpha value is -1.13.